The first-order valence-corrected chi connectivity index (χ1v) is 6.85. The fraction of sp³-hybridized carbons (Fsp3) is 0.867. The molecule has 5 atom stereocenters. The normalized spacial score (nSPS) is 55.0. The molecule has 0 aliphatic heterocycles. The standard InChI is InChI=1S/C15H24O/c1-10-5-4-6-11-7-8-12-13(15(10,11)3)14(12,2)9-16/h6,10,12-13,16H,4-5,7-9H2,1-3H3. The Balaban J connectivity index is 2.01. The molecule has 2 saturated carbocycles. The van der Waals surface area contributed by atoms with Crippen molar-refractivity contribution in [2.24, 2.45) is 28.6 Å². The Labute approximate surface area is 98.9 Å². The lowest BCUT2D eigenvalue weighted by molar-refractivity contribution is 0.126. The molecular formula is C15H24O. The van der Waals surface area contributed by atoms with Crippen molar-refractivity contribution in [1.82, 2.24) is 0 Å². The molecule has 0 aromatic carbocycles. The van der Waals surface area contributed by atoms with Gasteiger partial charge in [0.2, 0.25) is 0 Å². The molecule has 5 unspecified atom stereocenters. The molecule has 0 amide bonds. The zero-order chi connectivity index (χ0) is 11.6. The van der Waals surface area contributed by atoms with Crippen LogP contribution in [0.3, 0.4) is 0 Å². The molecule has 3 aliphatic rings. The predicted molar refractivity (Wildman–Crippen MR) is 66.0 cm³/mol. The molecule has 0 aromatic heterocycles. The van der Waals surface area contributed by atoms with Gasteiger partial charge in [-0.05, 0) is 54.3 Å². The van der Waals surface area contributed by atoms with Gasteiger partial charge in [0, 0.05) is 6.61 Å². The molecule has 3 rings (SSSR count). The van der Waals surface area contributed by atoms with E-state index in [0.29, 0.717) is 12.0 Å². The van der Waals surface area contributed by atoms with E-state index >= 15 is 0 Å². The predicted octanol–water partition coefficient (Wildman–Crippen LogP) is 3.39. The van der Waals surface area contributed by atoms with Crippen LogP contribution in [-0.2, 0) is 0 Å². The van der Waals surface area contributed by atoms with Crippen molar-refractivity contribution < 1.29 is 5.11 Å². The highest BCUT2D eigenvalue weighted by Gasteiger charge is 2.70. The van der Waals surface area contributed by atoms with Crippen LogP contribution in [0.1, 0.15) is 46.5 Å². The molecule has 1 N–H and O–H groups in total. The Morgan fingerprint density at radius 2 is 2.12 bits per heavy atom. The lowest BCUT2D eigenvalue weighted by atomic mass is 9.60. The Morgan fingerprint density at radius 3 is 2.81 bits per heavy atom. The Hall–Kier alpha value is -0.300. The van der Waals surface area contributed by atoms with Crippen LogP contribution in [0.2, 0.25) is 0 Å². The monoisotopic (exact) mass is 220 g/mol. The Kier molecular flexibility index (Phi) is 2.12. The van der Waals surface area contributed by atoms with Crippen LogP contribution in [0.4, 0.5) is 0 Å². The first kappa shape index (κ1) is 10.8. The number of hydrogen-bond acceptors (Lipinski definition) is 1. The summed E-state index contributed by atoms with van der Waals surface area (Å²) >= 11 is 0. The summed E-state index contributed by atoms with van der Waals surface area (Å²) in [6.07, 6.45) is 7.73. The van der Waals surface area contributed by atoms with E-state index in [9.17, 15) is 5.11 Å². The molecule has 1 heteroatoms. The van der Waals surface area contributed by atoms with E-state index in [1.807, 2.05) is 0 Å². The number of aliphatic hydroxyl groups excluding tert-OH is 1. The molecule has 0 spiro atoms. The molecule has 0 heterocycles. The fourth-order valence-corrected chi connectivity index (χ4v) is 5.01. The zero-order valence-corrected chi connectivity index (χ0v) is 10.8. The van der Waals surface area contributed by atoms with Gasteiger partial charge in [-0.2, -0.15) is 0 Å². The maximum Gasteiger partial charge on any atom is 0.0490 e. The van der Waals surface area contributed by atoms with E-state index in [1.54, 1.807) is 5.57 Å². The van der Waals surface area contributed by atoms with Crippen LogP contribution in [-0.4, -0.2) is 11.7 Å². The third-order valence-electron chi connectivity index (χ3n) is 6.27. The van der Waals surface area contributed by atoms with Gasteiger partial charge < -0.3 is 5.11 Å². The second kappa shape index (κ2) is 3.13. The highest BCUT2D eigenvalue weighted by molar-refractivity contribution is 5.31. The van der Waals surface area contributed by atoms with Gasteiger partial charge in [0.15, 0.2) is 0 Å². The van der Waals surface area contributed by atoms with Crippen molar-refractivity contribution in [3.63, 3.8) is 0 Å². The minimum absolute atomic E-state index is 0.232. The van der Waals surface area contributed by atoms with Gasteiger partial charge in [0.1, 0.15) is 0 Å². The molecule has 2 fully saturated rings. The van der Waals surface area contributed by atoms with Crippen LogP contribution in [0, 0.1) is 28.6 Å². The number of allylic oxidation sites excluding steroid dienone is 2. The van der Waals surface area contributed by atoms with Crippen LogP contribution in [0.25, 0.3) is 0 Å². The molecule has 3 aliphatic carbocycles. The van der Waals surface area contributed by atoms with E-state index in [-0.39, 0.29) is 5.41 Å². The average molecular weight is 220 g/mol. The van der Waals surface area contributed by atoms with E-state index in [2.05, 4.69) is 26.8 Å². The molecule has 0 saturated heterocycles. The van der Waals surface area contributed by atoms with Crippen molar-refractivity contribution in [3.8, 4) is 0 Å². The maximum atomic E-state index is 9.67. The maximum absolute atomic E-state index is 9.67. The SMILES string of the molecule is CC1CCC=C2CCC3C(C3(C)CO)C21C. The molecule has 90 valence electrons. The number of hydrogen-bond donors (Lipinski definition) is 1. The first-order chi connectivity index (χ1) is 7.55. The topological polar surface area (TPSA) is 20.2 Å². The molecule has 0 aromatic rings. The van der Waals surface area contributed by atoms with E-state index in [4.69, 9.17) is 0 Å². The van der Waals surface area contributed by atoms with E-state index in [0.717, 1.165) is 17.8 Å². The lowest BCUT2D eigenvalue weighted by Gasteiger charge is -2.45. The lowest BCUT2D eigenvalue weighted by Crippen LogP contribution is -2.36. The molecular weight excluding hydrogens is 196 g/mol. The minimum Gasteiger partial charge on any atom is -0.396 e. The van der Waals surface area contributed by atoms with Gasteiger partial charge in [0.05, 0.1) is 0 Å². The minimum atomic E-state index is 0.232. The van der Waals surface area contributed by atoms with Crippen LogP contribution >= 0.6 is 0 Å². The molecule has 0 radical (unpaired) electrons. The summed E-state index contributed by atoms with van der Waals surface area (Å²) in [5.74, 6) is 2.34. The van der Waals surface area contributed by atoms with E-state index in [1.165, 1.54) is 25.7 Å². The van der Waals surface area contributed by atoms with Crippen LogP contribution in [0.15, 0.2) is 11.6 Å². The average Bonchev–Trinajstić information content (AvgIpc) is 2.89. The Bertz CT molecular complexity index is 345. The van der Waals surface area contributed by atoms with Crippen molar-refractivity contribution in [3.05, 3.63) is 11.6 Å². The third kappa shape index (κ3) is 1.06. The van der Waals surface area contributed by atoms with Crippen molar-refractivity contribution in [2.45, 2.75) is 46.5 Å². The summed E-state index contributed by atoms with van der Waals surface area (Å²) in [7, 11) is 0. The van der Waals surface area contributed by atoms with Crippen molar-refractivity contribution in [1.29, 1.82) is 0 Å². The van der Waals surface area contributed by atoms with Gasteiger partial charge in [-0.3, -0.25) is 0 Å². The van der Waals surface area contributed by atoms with Crippen LogP contribution in [0.5, 0.6) is 0 Å². The van der Waals surface area contributed by atoms with Crippen molar-refractivity contribution >= 4 is 0 Å². The smallest absolute Gasteiger partial charge is 0.0490 e. The van der Waals surface area contributed by atoms with Gasteiger partial charge in [-0.15, -0.1) is 0 Å². The zero-order valence-electron chi connectivity index (χ0n) is 10.8. The van der Waals surface area contributed by atoms with Crippen LogP contribution < -0.4 is 0 Å². The third-order valence-corrected chi connectivity index (χ3v) is 6.27. The second-order valence-electron chi connectivity index (χ2n) is 6.78. The first-order valence-electron chi connectivity index (χ1n) is 6.85. The Morgan fingerprint density at radius 1 is 1.38 bits per heavy atom. The van der Waals surface area contributed by atoms with Gasteiger partial charge in [0.25, 0.3) is 0 Å². The van der Waals surface area contributed by atoms with E-state index < -0.39 is 0 Å². The van der Waals surface area contributed by atoms with Gasteiger partial charge >= 0.3 is 0 Å². The fourth-order valence-electron chi connectivity index (χ4n) is 5.01. The molecule has 0 bridgehead atoms. The summed E-state index contributed by atoms with van der Waals surface area (Å²) in [5.41, 5.74) is 2.35. The second-order valence-corrected chi connectivity index (χ2v) is 6.78. The number of aliphatic hydroxyl groups is 1. The molecule has 16 heavy (non-hydrogen) atoms. The summed E-state index contributed by atoms with van der Waals surface area (Å²) < 4.78 is 0. The highest BCUT2D eigenvalue weighted by Crippen LogP contribution is 2.74. The number of rotatable bonds is 1. The largest absolute Gasteiger partial charge is 0.396 e. The van der Waals surface area contributed by atoms with Gasteiger partial charge in [-0.1, -0.05) is 32.4 Å². The summed E-state index contributed by atoms with van der Waals surface area (Å²) in [6.45, 7) is 7.58. The summed E-state index contributed by atoms with van der Waals surface area (Å²) in [4.78, 5) is 0. The summed E-state index contributed by atoms with van der Waals surface area (Å²) in [6, 6.07) is 0. The molecule has 1 nitrogen and oxygen atoms in total. The van der Waals surface area contributed by atoms with Gasteiger partial charge in [-0.25, -0.2) is 0 Å². The summed E-state index contributed by atoms with van der Waals surface area (Å²) in [5, 5.41) is 9.67. The van der Waals surface area contributed by atoms with Crippen molar-refractivity contribution in [2.75, 3.05) is 6.61 Å². The highest BCUT2D eigenvalue weighted by atomic mass is 16.3. The quantitative estimate of drug-likeness (QED) is 0.672. The number of fused-ring (bicyclic) bond motifs is 3.